The molecule has 3 N–H and O–H groups in total. The van der Waals surface area contributed by atoms with Crippen LogP contribution in [-0.4, -0.2) is 17.1 Å². The highest BCUT2D eigenvalue weighted by atomic mass is 35.5. The first-order chi connectivity index (χ1) is 9.95. The number of carboxylic acids is 1. The maximum Gasteiger partial charge on any atom is 0.337 e. The summed E-state index contributed by atoms with van der Waals surface area (Å²) in [7, 11) is 0. The van der Waals surface area contributed by atoms with Gasteiger partial charge in [-0.3, -0.25) is 0 Å². The van der Waals surface area contributed by atoms with E-state index < -0.39 is 12.0 Å². The Morgan fingerprint density at radius 3 is 2.19 bits per heavy atom. The van der Waals surface area contributed by atoms with Crippen LogP contribution in [0.25, 0.3) is 0 Å². The second kappa shape index (κ2) is 6.28. The quantitative estimate of drug-likeness (QED) is 0.802. The summed E-state index contributed by atoms with van der Waals surface area (Å²) >= 11 is 5.76. The van der Waals surface area contributed by atoms with Crippen LogP contribution in [-0.2, 0) is 0 Å². The molecule has 2 aromatic carbocycles. The van der Waals surface area contributed by atoms with Gasteiger partial charge in [-0.05, 0) is 37.3 Å². The summed E-state index contributed by atoms with van der Waals surface area (Å²) in [6.07, 6.45) is 0. The predicted molar refractivity (Wildman–Crippen MR) is 82.2 cm³/mol. The van der Waals surface area contributed by atoms with Gasteiger partial charge in [-0.2, -0.15) is 0 Å². The summed E-state index contributed by atoms with van der Waals surface area (Å²) in [6, 6.07) is 11.1. The molecule has 0 aliphatic rings. The number of aromatic carboxylic acids is 1. The molecular formula is C15H13ClN2O3. The maximum atomic E-state index is 11.8. The molecule has 0 aliphatic heterocycles. The number of aryl methyl sites for hydroxylation is 1. The zero-order valence-electron chi connectivity index (χ0n) is 11.2. The third kappa shape index (κ3) is 3.97. The van der Waals surface area contributed by atoms with Gasteiger partial charge < -0.3 is 15.7 Å². The number of hydrogen-bond acceptors (Lipinski definition) is 2. The van der Waals surface area contributed by atoms with Crippen LogP contribution >= 0.6 is 11.6 Å². The molecule has 0 spiro atoms. The molecule has 0 unspecified atom stereocenters. The van der Waals surface area contributed by atoms with Crippen LogP contribution in [0.15, 0.2) is 42.5 Å². The number of benzene rings is 2. The average Bonchev–Trinajstić information content (AvgIpc) is 2.43. The van der Waals surface area contributed by atoms with Crippen LogP contribution in [0.3, 0.4) is 0 Å². The summed E-state index contributed by atoms with van der Waals surface area (Å²) in [5.41, 5.74) is 2.02. The fourth-order valence-electron chi connectivity index (χ4n) is 1.70. The number of hydrogen-bond donors (Lipinski definition) is 3. The van der Waals surface area contributed by atoms with Crippen molar-refractivity contribution >= 4 is 35.0 Å². The minimum Gasteiger partial charge on any atom is -0.478 e. The molecule has 0 atom stereocenters. The summed E-state index contributed by atoms with van der Waals surface area (Å²) in [5.74, 6) is -1.15. The molecule has 0 aliphatic carbocycles. The Labute approximate surface area is 126 Å². The van der Waals surface area contributed by atoms with Crippen molar-refractivity contribution in [3.8, 4) is 0 Å². The first-order valence-corrected chi connectivity index (χ1v) is 6.51. The van der Waals surface area contributed by atoms with Gasteiger partial charge in [0.2, 0.25) is 0 Å². The summed E-state index contributed by atoms with van der Waals surface area (Å²) in [6.45, 7) is 1.95. The third-order valence-electron chi connectivity index (χ3n) is 2.76. The zero-order chi connectivity index (χ0) is 15.4. The van der Waals surface area contributed by atoms with E-state index in [0.29, 0.717) is 11.4 Å². The lowest BCUT2D eigenvalue weighted by Gasteiger charge is -2.09. The number of nitrogens with one attached hydrogen (secondary N) is 2. The highest BCUT2D eigenvalue weighted by Crippen LogP contribution is 2.20. The second-order valence-corrected chi connectivity index (χ2v) is 4.85. The highest BCUT2D eigenvalue weighted by molar-refractivity contribution is 6.33. The molecule has 2 amide bonds. The van der Waals surface area contributed by atoms with Crippen molar-refractivity contribution in [1.82, 2.24) is 0 Å². The standard InChI is InChI=1S/C15H13ClN2O3/c1-9-2-4-10(5-3-9)17-15(21)18-11-6-7-13(16)12(8-11)14(19)20/h2-8H,1H3,(H,19,20)(H2,17,18,21). The number of carbonyl (C=O) groups is 2. The van der Waals surface area contributed by atoms with Gasteiger partial charge in [0.15, 0.2) is 0 Å². The van der Waals surface area contributed by atoms with E-state index in [4.69, 9.17) is 16.7 Å². The van der Waals surface area contributed by atoms with Crippen molar-refractivity contribution in [3.05, 3.63) is 58.6 Å². The summed E-state index contributed by atoms with van der Waals surface area (Å²) < 4.78 is 0. The number of carbonyl (C=O) groups excluding carboxylic acids is 1. The van der Waals surface area contributed by atoms with Crippen LogP contribution in [0.5, 0.6) is 0 Å². The molecule has 0 radical (unpaired) electrons. The molecule has 5 nitrogen and oxygen atoms in total. The van der Waals surface area contributed by atoms with Crippen molar-refractivity contribution in [3.63, 3.8) is 0 Å². The summed E-state index contributed by atoms with van der Waals surface area (Å²) in [4.78, 5) is 22.8. The topological polar surface area (TPSA) is 78.4 Å². The Balaban J connectivity index is 2.07. The van der Waals surface area contributed by atoms with E-state index in [9.17, 15) is 9.59 Å². The molecule has 2 aromatic rings. The average molecular weight is 305 g/mol. The highest BCUT2D eigenvalue weighted by Gasteiger charge is 2.10. The molecule has 0 heterocycles. The number of amides is 2. The van der Waals surface area contributed by atoms with E-state index in [1.54, 1.807) is 12.1 Å². The molecule has 0 saturated carbocycles. The first-order valence-electron chi connectivity index (χ1n) is 6.13. The number of anilines is 2. The number of rotatable bonds is 3. The normalized spacial score (nSPS) is 10.0. The first kappa shape index (κ1) is 14.9. The van der Waals surface area contributed by atoms with Crippen LogP contribution in [0.2, 0.25) is 5.02 Å². The van der Waals surface area contributed by atoms with E-state index in [1.807, 2.05) is 19.1 Å². The Bertz CT molecular complexity index is 684. The van der Waals surface area contributed by atoms with Crippen LogP contribution in [0, 0.1) is 6.92 Å². The smallest absolute Gasteiger partial charge is 0.337 e. The molecule has 0 saturated heterocycles. The van der Waals surface area contributed by atoms with Crippen LogP contribution < -0.4 is 10.6 Å². The number of halogens is 1. The molecule has 21 heavy (non-hydrogen) atoms. The molecular weight excluding hydrogens is 292 g/mol. The molecule has 2 rings (SSSR count). The van der Waals surface area contributed by atoms with Gasteiger partial charge in [0, 0.05) is 11.4 Å². The van der Waals surface area contributed by atoms with Gasteiger partial charge >= 0.3 is 12.0 Å². The van der Waals surface area contributed by atoms with Crippen molar-refractivity contribution in [2.75, 3.05) is 10.6 Å². The van der Waals surface area contributed by atoms with E-state index in [0.717, 1.165) is 5.56 Å². The van der Waals surface area contributed by atoms with E-state index in [2.05, 4.69) is 10.6 Å². The van der Waals surface area contributed by atoms with Crippen molar-refractivity contribution < 1.29 is 14.7 Å². The minimum atomic E-state index is -1.15. The minimum absolute atomic E-state index is 0.0650. The van der Waals surface area contributed by atoms with Gasteiger partial charge in [0.05, 0.1) is 10.6 Å². The lowest BCUT2D eigenvalue weighted by Crippen LogP contribution is -2.19. The van der Waals surface area contributed by atoms with E-state index >= 15 is 0 Å². The monoisotopic (exact) mass is 304 g/mol. The molecule has 0 aromatic heterocycles. The van der Waals surface area contributed by atoms with Gasteiger partial charge in [0.25, 0.3) is 0 Å². The molecule has 0 bridgehead atoms. The van der Waals surface area contributed by atoms with Gasteiger partial charge in [-0.25, -0.2) is 9.59 Å². The largest absolute Gasteiger partial charge is 0.478 e. The molecule has 6 heteroatoms. The lowest BCUT2D eigenvalue weighted by molar-refractivity contribution is 0.0697. The number of urea groups is 1. The van der Waals surface area contributed by atoms with Gasteiger partial charge in [0.1, 0.15) is 0 Å². The van der Waals surface area contributed by atoms with Crippen molar-refractivity contribution in [2.24, 2.45) is 0 Å². The molecule has 0 fully saturated rings. The Morgan fingerprint density at radius 1 is 1.00 bits per heavy atom. The zero-order valence-corrected chi connectivity index (χ0v) is 11.9. The predicted octanol–water partition coefficient (Wildman–Crippen LogP) is 3.99. The Kier molecular flexibility index (Phi) is 4.45. The maximum absolute atomic E-state index is 11.8. The van der Waals surface area contributed by atoms with Crippen molar-refractivity contribution in [2.45, 2.75) is 6.92 Å². The molecule has 108 valence electrons. The lowest BCUT2D eigenvalue weighted by atomic mass is 10.2. The summed E-state index contributed by atoms with van der Waals surface area (Å²) in [5, 5.41) is 14.3. The van der Waals surface area contributed by atoms with E-state index in [-0.39, 0.29) is 10.6 Å². The van der Waals surface area contributed by atoms with Crippen LogP contribution in [0.4, 0.5) is 16.2 Å². The van der Waals surface area contributed by atoms with Gasteiger partial charge in [-0.15, -0.1) is 0 Å². The fourth-order valence-corrected chi connectivity index (χ4v) is 1.90. The van der Waals surface area contributed by atoms with Crippen LogP contribution in [0.1, 0.15) is 15.9 Å². The second-order valence-electron chi connectivity index (χ2n) is 4.44. The fraction of sp³-hybridized carbons (Fsp3) is 0.0667. The Morgan fingerprint density at radius 2 is 1.57 bits per heavy atom. The third-order valence-corrected chi connectivity index (χ3v) is 3.09. The van der Waals surface area contributed by atoms with Crippen molar-refractivity contribution in [1.29, 1.82) is 0 Å². The Hall–Kier alpha value is -2.53. The van der Waals surface area contributed by atoms with E-state index in [1.165, 1.54) is 18.2 Å². The number of carboxylic acid groups (broad SMARTS) is 1. The van der Waals surface area contributed by atoms with Gasteiger partial charge in [-0.1, -0.05) is 29.3 Å². The SMILES string of the molecule is Cc1ccc(NC(=O)Nc2ccc(Cl)c(C(=O)O)c2)cc1.